The van der Waals surface area contributed by atoms with Gasteiger partial charge in [0.1, 0.15) is 17.3 Å². The average molecular weight is 496 g/mol. The monoisotopic (exact) mass is 495 g/mol. The molecule has 0 spiro atoms. The van der Waals surface area contributed by atoms with Gasteiger partial charge in [-0.2, -0.15) is 0 Å². The third-order valence-electron chi connectivity index (χ3n) is 7.06. The lowest BCUT2D eigenvalue weighted by Crippen LogP contribution is -2.06. The number of carbonyl (C=O) groups is 1. The summed E-state index contributed by atoms with van der Waals surface area (Å²) in [5, 5.41) is 3.29. The Morgan fingerprint density at radius 2 is 1.25 bits per heavy atom. The van der Waals surface area contributed by atoms with Crippen molar-refractivity contribution in [1.82, 2.24) is 0 Å². The van der Waals surface area contributed by atoms with Gasteiger partial charge in [-0.05, 0) is 55.5 Å². The van der Waals surface area contributed by atoms with E-state index < -0.39 is 0 Å². The van der Waals surface area contributed by atoms with Crippen molar-refractivity contribution >= 4 is 11.5 Å². The fourth-order valence-corrected chi connectivity index (χ4v) is 4.96. The molecule has 0 aliphatic heterocycles. The summed E-state index contributed by atoms with van der Waals surface area (Å²) in [4.78, 5) is 12.5. The minimum absolute atomic E-state index is 0.265. The standard InChI is InChI=1S/C32H49NO3/c1-26-23-31(35-3)29(32(24-26)36-4)25-28(34)21-16-14-12-10-8-6-5-7-9-11-13-15-19-27-20-17-18-22-30(27)33-2/h17-18,20,22-24,33H,5-16,19,21,25H2,1-4H3. The van der Waals surface area contributed by atoms with Crippen LogP contribution in [0.25, 0.3) is 0 Å². The van der Waals surface area contributed by atoms with Gasteiger partial charge in [0.25, 0.3) is 0 Å². The number of aryl methyl sites for hydroxylation is 2. The van der Waals surface area contributed by atoms with E-state index in [0.717, 1.165) is 35.5 Å². The van der Waals surface area contributed by atoms with E-state index in [-0.39, 0.29) is 5.78 Å². The number of ketones is 1. The normalized spacial score (nSPS) is 10.9. The quantitative estimate of drug-likeness (QED) is 0.187. The van der Waals surface area contributed by atoms with Crippen LogP contribution in [0, 0.1) is 6.92 Å². The molecule has 0 bridgehead atoms. The molecule has 0 radical (unpaired) electrons. The third kappa shape index (κ3) is 11.1. The number of anilines is 1. The van der Waals surface area contributed by atoms with E-state index in [0.29, 0.717) is 12.8 Å². The zero-order valence-corrected chi connectivity index (χ0v) is 23.3. The Labute approximate surface area is 220 Å². The minimum atomic E-state index is 0.265. The summed E-state index contributed by atoms with van der Waals surface area (Å²) in [7, 11) is 5.30. The first-order valence-corrected chi connectivity index (χ1v) is 14.1. The second-order valence-electron chi connectivity index (χ2n) is 10.0. The molecule has 0 saturated carbocycles. The van der Waals surface area contributed by atoms with Crippen molar-refractivity contribution in [3.05, 3.63) is 53.1 Å². The van der Waals surface area contributed by atoms with Crippen LogP contribution in [0.3, 0.4) is 0 Å². The van der Waals surface area contributed by atoms with Crippen LogP contribution >= 0.6 is 0 Å². The molecular weight excluding hydrogens is 446 g/mol. The number of nitrogens with one attached hydrogen (secondary N) is 1. The Bertz CT molecular complexity index is 868. The molecule has 0 unspecified atom stereocenters. The fraction of sp³-hybridized carbons (Fsp3) is 0.594. The summed E-state index contributed by atoms with van der Waals surface area (Å²) in [5.41, 5.74) is 4.65. The molecule has 0 atom stereocenters. The number of rotatable bonds is 20. The van der Waals surface area contributed by atoms with Crippen LogP contribution in [0.1, 0.15) is 100 Å². The van der Waals surface area contributed by atoms with Crippen LogP contribution in [-0.4, -0.2) is 27.1 Å². The Balaban J connectivity index is 1.43. The second kappa shape index (κ2) is 17.9. The predicted octanol–water partition coefficient (Wildman–Crippen LogP) is 8.48. The van der Waals surface area contributed by atoms with E-state index in [9.17, 15) is 4.79 Å². The number of hydrogen-bond acceptors (Lipinski definition) is 4. The van der Waals surface area contributed by atoms with Gasteiger partial charge in [-0.1, -0.05) is 82.4 Å². The molecule has 0 aliphatic carbocycles. The van der Waals surface area contributed by atoms with Crippen molar-refractivity contribution in [2.75, 3.05) is 26.6 Å². The van der Waals surface area contributed by atoms with Crippen molar-refractivity contribution in [1.29, 1.82) is 0 Å². The lowest BCUT2D eigenvalue weighted by molar-refractivity contribution is -0.118. The van der Waals surface area contributed by atoms with Crippen LogP contribution in [-0.2, 0) is 17.6 Å². The molecule has 0 aliphatic rings. The highest BCUT2D eigenvalue weighted by atomic mass is 16.5. The van der Waals surface area contributed by atoms with Gasteiger partial charge in [-0.3, -0.25) is 4.79 Å². The molecule has 4 nitrogen and oxygen atoms in total. The first-order valence-electron chi connectivity index (χ1n) is 14.1. The van der Waals surface area contributed by atoms with Crippen LogP contribution < -0.4 is 14.8 Å². The van der Waals surface area contributed by atoms with Crippen LogP contribution in [0.5, 0.6) is 11.5 Å². The molecule has 36 heavy (non-hydrogen) atoms. The number of Topliss-reactive ketones (excluding diaryl/α,β-unsaturated/α-hetero) is 1. The Kier molecular flexibility index (Phi) is 14.8. The second-order valence-corrected chi connectivity index (χ2v) is 10.0. The molecule has 2 rings (SSSR count). The number of carbonyl (C=O) groups excluding carboxylic acids is 1. The number of para-hydroxylation sites is 1. The van der Waals surface area contributed by atoms with Crippen LogP contribution in [0.4, 0.5) is 5.69 Å². The highest BCUT2D eigenvalue weighted by Crippen LogP contribution is 2.31. The molecule has 0 saturated heterocycles. The lowest BCUT2D eigenvalue weighted by atomic mass is 10.00. The van der Waals surface area contributed by atoms with Gasteiger partial charge in [0.2, 0.25) is 0 Å². The van der Waals surface area contributed by atoms with Crippen molar-refractivity contribution < 1.29 is 14.3 Å². The van der Waals surface area contributed by atoms with Gasteiger partial charge in [-0.15, -0.1) is 0 Å². The van der Waals surface area contributed by atoms with Gasteiger partial charge in [0, 0.05) is 31.1 Å². The predicted molar refractivity (Wildman–Crippen MR) is 153 cm³/mol. The number of benzene rings is 2. The van der Waals surface area contributed by atoms with Crippen molar-refractivity contribution in [3.63, 3.8) is 0 Å². The van der Waals surface area contributed by atoms with E-state index >= 15 is 0 Å². The van der Waals surface area contributed by atoms with Crippen molar-refractivity contribution in [2.24, 2.45) is 0 Å². The maximum atomic E-state index is 12.5. The van der Waals surface area contributed by atoms with Gasteiger partial charge in [0.05, 0.1) is 14.2 Å². The SMILES string of the molecule is CNc1ccccc1CCCCCCCCCCCCCCC(=O)Cc1c(OC)cc(C)cc1OC. The summed E-state index contributed by atoms with van der Waals surface area (Å²) in [5.74, 6) is 1.76. The van der Waals surface area contributed by atoms with E-state index in [2.05, 4.69) is 29.6 Å². The number of ether oxygens (including phenoxy) is 2. The zero-order valence-electron chi connectivity index (χ0n) is 23.3. The van der Waals surface area contributed by atoms with Gasteiger partial charge in [-0.25, -0.2) is 0 Å². The van der Waals surface area contributed by atoms with Crippen LogP contribution in [0.2, 0.25) is 0 Å². The van der Waals surface area contributed by atoms with Gasteiger partial charge >= 0.3 is 0 Å². The topological polar surface area (TPSA) is 47.6 Å². The van der Waals surface area contributed by atoms with E-state index in [1.54, 1.807) is 14.2 Å². The number of methoxy groups -OCH3 is 2. The Hall–Kier alpha value is -2.49. The van der Waals surface area contributed by atoms with E-state index in [1.165, 1.54) is 81.9 Å². The molecule has 0 amide bonds. The zero-order chi connectivity index (χ0) is 26.0. The summed E-state index contributed by atoms with van der Waals surface area (Å²) < 4.78 is 11.0. The Morgan fingerprint density at radius 1 is 0.750 bits per heavy atom. The maximum Gasteiger partial charge on any atom is 0.137 e. The molecule has 0 fully saturated rings. The molecular formula is C32H49NO3. The smallest absolute Gasteiger partial charge is 0.137 e. The molecule has 0 heterocycles. The molecule has 4 heteroatoms. The molecule has 1 N–H and O–H groups in total. The summed E-state index contributed by atoms with van der Waals surface area (Å²) in [6.07, 6.45) is 17.6. The highest BCUT2D eigenvalue weighted by molar-refractivity contribution is 5.82. The minimum Gasteiger partial charge on any atom is -0.496 e. The van der Waals surface area contributed by atoms with E-state index in [1.807, 2.05) is 26.1 Å². The molecule has 2 aromatic rings. The molecule has 200 valence electrons. The number of hydrogen-bond donors (Lipinski definition) is 1. The highest BCUT2D eigenvalue weighted by Gasteiger charge is 2.15. The summed E-state index contributed by atoms with van der Waals surface area (Å²) >= 11 is 0. The summed E-state index contributed by atoms with van der Waals surface area (Å²) in [6, 6.07) is 12.6. The third-order valence-corrected chi connectivity index (χ3v) is 7.06. The average Bonchev–Trinajstić information content (AvgIpc) is 2.89. The van der Waals surface area contributed by atoms with Crippen molar-refractivity contribution in [2.45, 2.75) is 103 Å². The van der Waals surface area contributed by atoms with Crippen molar-refractivity contribution in [3.8, 4) is 11.5 Å². The number of unbranched alkanes of at least 4 members (excludes halogenated alkanes) is 11. The first-order chi connectivity index (χ1) is 17.6. The van der Waals surface area contributed by atoms with Gasteiger partial charge in [0.15, 0.2) is 0 Å². The largest absolute Gasteiger partial charge is 0.496 e. The van der Waals surface area contributed by atoms with Crippen LogP contribution in [0.15, 0.2) is 36.4 Å². The maximum absolute atomic E-state index is 12.5. The molecule has 2 aromatic carbocycles. The molecule has 0 aromatic heterocycles. The fourth-order valence-electron chi connectivity index (χ4n) is 4.96. The van der Waals surface area contributed by atoms with Gasteiger partial charge < -0.3 is 14.8 Å². The first kappa shape index (κ1) is 29.7. The Morgan fingerprint density at radius 3 is 1.78 bits per heavy atom. The summed E-state index contributed by atoms with van der Waals surface area (Å²) in [6.45, 7) is 2.00. The lowest BCUT2D eigenvalue weighted by Gasteiger charge is -2.14. The van der Waals surface area contributed by atoms with E-state index in [4.69, 9.17) is 9.47 Å².